The summed E-state index contributed by atoms with van der Waals surface area (Å²) in [4.78, 5) is 15.5. The van der Waals surface area contributed by atoms with Gasteiger partial charge in [0.2, 0.25) is 0 Å². The maximum atomic E-state index is 6.96. The molecule has 2 unspecified atom stereocenters. The maximum Gasteiger partial charge on any atom is 0.162 e. The van der Waals surface area contributed by atoms with E-state index in [-0.39, 0.29) is 6.10 Å². The maximum absolute atomic E-state index is 6.96. The number of aryl methyl sites for hydroxylation is 3. The molecule has 1 aliphatic carbocycles. The Kier molecular flexibility index (Phi) is 6.27. The third-order valence-electron chi connectivity index (χ3n) is 9.06. The van der Waals surface area contributed by atoms with E-state index in [1.165, 1.54) is 18.4 Å². The van der Waals surface area contributed by atoms with Gasteiger partial charge in [-0.3, -0.25) is 9.78 Å². The van der Waals surface area contributed by atoms with Gasteiger partial charge in [-0.2, -0.15) is 10.2 Å². The van der Waals surface area contributed by atoms with E-state index in [0.717, 1.165) is 93.9 Å². The van der Waals surface area contributed by atoms with Gasteiger partial charge < -0.3 is 14.5 Å². The molecule has 2 aliphatic heterocycles. The molecule has 10 heteroatoms. The minimum Gasteiger partial charge on any atom is -0.381 e. The number of ether oxygens (including phenoxy) is 1. The van der Waals surface area contributed by atoms with Gasteiger partial charge in [0.15, 0.2) is 5.82 Å². The Morgan fingerprint density at radius 1 is 1.10 bits per heavy atom. The first-order valence-electron chi connectivity index (χ1n) is 14.4. The van der Waals surface area contributed by atoms with Gasteiger partial charge in [0.1, 0.15) is 16.7 Å². The number of aromatic nitrogens is 6. The highest BCUT2D eigenvalue weighted by atomic mass is 35.5. The largest absolute Gasteiger partial charge is 0.381 e. The van der Waals surface area contributed by atoms with E-state index in [0.29, 0.717) is 18.5 Å². The molecule has 0 spiro atoms. The predicted octanol–water partition coefficient (Wildman–Crippen LogP) is 5.47. The number of nitrogens with one attached hydrogen (secondary N) is 1. The standard InChI is InChI=1S/C30H37ClN8O/c1-16-6-9-23-25(18(3)34-35-23)24(16)28-32-22-11-12-38(30-26(31)27(19-7-8-19)36-37(30)4)15-21(22)29(33-28)39-13-10-20(40-5)14-17(39)2/h6,9,17,19-20H,7-8,10-15H2,1-5H3,(H,34,35). The van der Waals surface area contributed by atoms with Crippen LogP contribution in [0.25, 0.3) is 22.3 Å². The molecular weight excluding hydrogens is 524 g/mol. The van der Waals surface area contributed by atoms with Gasteiger partial charge in [0, 0.05) is 74.4 Å². The number of benzene rings is 1. The van der Waals surface area contributed by atoms with Gasteiger partial charge >= 0.3 is 0 Å². The Labute approximate surface area is 239 Å². The average molecular weight is 561 g/mol. The first-order valence-corrected chi connectivity index (χ1v) is 14.8. The number of aromatic amines is 1. The van der Waals surface area contributed by atoms with E-state index in [1.807, 2.05) is 18.8 Å². The molecule has 2 fully saturated rings. The molecule has 1 saturated heterocycles. The van der Waals surface area contributed by atoms with Crippen molar-refractivity contribution in [1.82, 2.24) is 29.9 Å². The first-order chi connectivity index (χ1) is 19.3. The molecule has 1 saturated carbocycles. The number of rotatable bonds is 5. The van der Waals surface area contributed by atoms with Crippen LogP contribution >= 0.6 is 11.6 Å². The molecule has 3 aromatic heterocycles. The monoisotopic (exact) mass is 560 g/mol. The van der Waals surface area contributed by atoms with Crippen LogP contribution in [0.2, 0.25) is 5.02 Å². The lowest BCUT2D eigenvalue weighted by Crippen LogP contribution is -2.45. The SMILES string of the molecule is COC1CCN(c2nc(-c3c(C)ccc4n[nH]c(C)c34)nc3c2CN(c2c(Cl)c(C4CC4)nn2C)CC3)C(C)C1. The Morgan fingerprint density at radius 2 is 1.93 bits per heavy atom. The van der Waals surface area contributed by atoms with Gasteiger partial charge in [-0.1, -0.05) is 17.7 Å². The molecule has 9 nitrogen and oxygen atoms in total. The van der Waals surface area contributed by atoms with E-state index < -0.39 is 0 Å². The minimum atomic E-state index is 0.276. The second-order valence-corrected chi connectivity index (χ2v) is 12.2. The molecule has 0 bridgehead atoms. The summed E-state index contributed by atoms with van der Waals surface area (Å²) in [5, 5.41) is 14.4. The molecule has 1 aromatic carbocycles. The van der Waals surface area contributed by atoms with Crippen molar-refractivity contribution in [1.29, 1.82) is 0 Å². The molecule has 3 aliphatic rings. The number of H-pyrrole nitrogens is 1. The Morgan fingerprint density at radius 3 is 2.67 bits per heavy atom. The fraction of sp³-hybridized carbons (Fsp3) is 0.533. The van der Waals surface area contributed by atoms with E-state index in [9.17, 15) is 0 Å². The molecular formula is C30H37ClN8O. The summed E-state index contributed by atoms with van der Waals surface area (Å²) in [5.74, 6) is 3.33. The van der Waals surface area contributed by atoms with E-state index in [1.54, 1.807) is 0 Å². The molecule has 1 N–H and O–H groups in total. The van der Waals surface area contributed by atoms with Crippen LogP contribution in [0, 0.1) is 13.8 Å². The summed E-state index contributed by atoms with van der Waals surface area (Å²) in [6.07, 6.45) is 5.41. The summed E-state index contributed by atoms with van der Waals surface area (Å²) < 4.78 is 7.71. The summed E-state index contributed by atoms with van der Waals surface area (Å²) in [6, 6.07) is 4.49. The lowest BCUT2D eigenvalue weighted by Gasteiger charge is -2.40. The van der Waals surface area contributed by atoms with Crippen molar-refractivity contribution in [2.75, 3.05) is 30.0 Å². The molecule has 4 aromatic rings. The molecule has 2 atom stereocenters. The van der Waals surface area contributed by atoms with Crippen molar-refractivity contribution in [2.45, 2.75) is 77.5 Å². The lowest BCUT2D eigenvalue weighted by molar-refractivity contribution is 0.0719. The Bertz CT molecular complexity index is 1610. The van der Waals surface area contributed by atoms with Crippen LogP contribution in [0.4, 0.5) is 11.6 Å². The fourth-order valence-corrected chi connectivity index (χ4v) is 7.15. The van der Waals surface area contributed by atoms with Crippen molar-refractivity contribution in [3.63, 3.8) is 0 Å². The number of nitrogens with zero attached hydrogens (tertiary/aromatic N) is 7. The number of methoxy groups -OCH3 is 1. The van der Waals surface area contributed by atoms with Crippen LogP contribution in [0.3, 0.4) is 0 Å². The number of anilines is 2. The van der Waals surface area contributed by atoms with Gasteiger partial charge in [-0.15, -0.1) is 0 Å². The van der Waals surface area contributed by atoms with Gasteiger partial charge in [-0.25, -0.2) is 9.97 Å². The van der Waals surface area contributed by atoms with Crippen molar-refractivity contribution in [3.05, 3.63) is 45.4 Å². The Hall–Kier alpha value is -3.17. The highest BCUT2D eigenvalue weighted by Gasteiger charge is 2.36. The third-order valence-corrected chi connectivity index (χ3v) is 9.42. The highest BCUT2D eigenvalue weighted by molar-refractivity contribution is 6.33. The summed E-state index contributed by atoms with van der Waals surface area (Å²) in [7, 11) is 3.83. The van der Waals surface area contributed by atoms with Crippen LogP contribution in [0.15, 0.2) is 12.1 Å². The number of hydrogen-bond acceptors (Lipinski definition) is 7. The van der Waals surface area contributed by atoms with Gasteiger partial charge in [-0.05, 0) is 58.1 Å². The quantitative estimate of drug-likeness (QED) is 0.346. The summed E-state index contributed by atoms with van der Waals surface area (Å²) >= 11 is 6.96. The number of fused-ring (bicyclic) bond motifs is 2. The van der Waals surface area contributed by atoms with Crippen LogP contribution in [-0.4, -0.2) is 62.3 Å². The van der Waals surface area contributed by atoms with Crippen molar-refractivity contribution in [3.8, 4) is 11.4 Å². The third kappa shape index (κ3) is 4.16. The van der Waals surface area contributed by atoms with Gasteiger partial charge in [0.05, 0.1) is 23.0 Å². The fourth-order valence-electron chi connectivity index (χ4n) is 6.71. The van der Waals surface area contributed by atoms with Crippen LogP contribution in [-0.2, 0) is 24.8 Å². The second-order valence-electron chi connectivity index (χ2n) is 11.8. The first kappa shape index (κ1) is 25.8. The zero-order valence-electron chi connectivity index (χ0n) is 24.0. The van der Waals surface area contributed by atoms with Crippen molar-refractivity contribution >= 4 is 34.1 Å². The number of piperidine rings is 1. The average Bonchev–Trinajstić information content (AvgIpc) is 3.66. The summed E-state index contributed by atoms with van der Waals surface area (Å²) in [6.45, 7) is 8.93. The topological polar surface area (TPSA) is 88.0 Å². The Balaban J connectivity index is 1.36. The van der Waals surface area contributed by atoms with Crippen molar-refractivity contribution < 1.29 is 4.74 Å². The van der Waals surface area contributed by atoms with Crippen LogP contribution < -0.4 is 9.80 Å². The minimum absolute atomic E-state index is 0.276. The normalized spacial score (nSPS) is 21.4. The van der Waals surface area contributed by atoms with Gasteiger partial charge in [0.25, 0.3) is 0 Å². The second kappa shape index (κ2) is 9.73. The molecule has 0 radical (unpaired) electrons. The molecule has 40 heavy (non-hydrogen) atoms. The van der Waals surface area contributed by atoms with Crippen LogP contribution in [0.1, 0.15) is 66.7 Å². The number of hydrogen-bond donors (Lipinski definition) is 1. The molecule has 0 amide bonds. The number of halogens is 1. The molecule has 5 heterocycles. The zero-order chi connectivity index (χ0) is 27.7. The van der Waals surface area contributed by atoms with E-state index in [2.05, 4.69) is 52.9 Å². The van der Waals surface area contributed by atoms with E-state index >= 15 is 0 Å². The molecule has 210 valence electrons. The van der Waals surface area contributed by atoms with Crippen molar-refractivity contribution in [2.24, 2.45) is 7.05 Å². The zero-order valence-corrected chi connectivity index (χ0v) is 24.7. The van der Waals surface area contributed by atoms with E-state index in [4.69, 9.17) is 31.4 Å². The van der Waals surface area contributed by atoms with Crippen LogP contribution in [0.5, 0.6) is 0 Å². The lowest BCUT2D eigenvalue weighted by atomic mass is 9.97. The smallest absolute Gasteiger partial charge is 0.162 e. The predicted molar refractivity (Wildman–Crippen MR) is 158 cm³/mol. The highest BCUT2D eigenvalue weighted by Crippen LogP contribution is 2.46. The summed E-state index contributed by atoms with van der Waals surface area (Å²) in [5.41, 5.74) is 7.56. The molecule has 7 rings (SSSR count).